The van der Waals surface area contributed by atoms with Crippen LogP contribution in [0.15, 0.2) is 18.2 Å². The predicted octanol–water partition coefficient (Wildman–Crippen LogP) is 3.47. The van der Waals surface area contributed by atoms with Gasteiger partial charge in [0, 0.05) is 9.61 Å². The standard InChI is InChI=1S/C12H17IN2/c1-8-3-2-4-11(8)15-12-6-5-9(13)7-10(12)14/h5-8,11,15H,2-4,14H2,1H3. The molecule has 0 amide bonds. The van der Waals surface area contributed by atoms with E-state index in [9.17, 15) is 0 Å². The number of nitrogen functional groups attached to an aromatic ring is 1. The lowest BCUT2D eigenvalue weighted by molar-refractivity contribution is 0.556. The SMILES string of the molecule is CC1CCCC1Nc1ccc(I)cc1N. The van der Waals surface area contributed by atoms with Gasteiger partial charge in [-0.05, 0) is 59.5 Å². The summed E-state index contributed by atoms with van der Waals surface area (Å²) >= 11 is 2.28. The van der Waals surface area contributed by atoms with Crippen LogP contribution in [-0.4, -0.2) is 6.04 Å². The Morgan fingerprint density at radius 3 is 2.80 bits per heavy atom. The lowest BCUT2D eigenvalue weighted by atomic mass is 10.1. The van der Waals surface area contributed by atoms with E-state index in [4.69, 9.17) is 5.73 Å². The molecule has 82 valence electrons. The molecular weight excluding hydrogens is 299 g/mol. The lowest BCUT2D eigenvalue weighted by Gasteiger charge is -2.19. The maximum absolute atomic E-state index is 5.98. The monoisotopic (exact) mass is 316 g/mol. The van der Waals surface area contributed by atoms with Crippen LogP contribution < -0.4 is 11.1 Å². The van der Waals surface area contributed by atoms with Crippen molar-refractivity contribution < 1.29 is 0 Å². The van der Waals surface area contributed by atoms with E-state index >= 15 is 0 Å². The van der Waals surface area contributed by atoms with Gasteiger partial charge < -0.3 is 11.1 Å². The van der Waals surface area contributed by atoms with Gasteiger partial charge in [-0.2, -0.15) is 0 Å². The first-order valence-electron chi connectivity index (χ1n) is 5.48. The molecule has 1 aliphatic carbocycles. The summed E-state index contributed by atoms with van der Waals surface area (Å²) in [6.07, 6.45) is 3.94. The summed E-state index contributed by atoms with van der Waals surface area (Å²) in [6.45, 7) is 2.31. The van der Waals surface area contributed by atoms with Gasteiger partial charge in [-0.15, -0.1) is 0 Å². The zero-order valence-electron chi connectivity index (χ0n) is 8.96. The van der Waals surface area contributed by atoms with Gasteiger partial charge in [0.05, 0.1) is 11.4 Å². The van der Waals surface area contributed by atoms with E-state index in [2.05, 4.69) is 47.0 Å². The van der Waals surface area contributed by atoms with E-state index < -0.39 is 0 Å². The first-order chi connectivity index (χ1) is 7.16. The molecule has 0 saturated heterocycles. The molecule has 15 heavy (non-hydrogen) atoms. The van der Waals surface area contributed by atoms with Crippen LogP contribution in [0.4, 0.5) is 11.4 Å². The molecule has 1 aromatic carbocycles. The highest BCUT2D eigenvalue weighted by molar-refractivity contribution is 14.1. The third-order valence-electron chi connectivity index (χ3n) is 3.22. The predicted molar refractivity (Wildman–Crippen MR) is 74.0 cm³/mol. The van der Waals surface area contributed by atoms with Gasteiger partial charge in [-0.3, -0.25) is 0 Å². The van der Waals surface area contributed by atoms with Crippen LogP contribution in [0.25, 0.3) is 0 Å². The summed E-state index contributed by atoms with van der Waals surface area (Å²) in [4.78, 5) is 0. The molecule has 0 bridgehead atoms. The van der Waals surface area contributed by atoms with E-state index in [1.54, 1.807) is 0 Å². The van der Waals surface area contributed by atoms with Gasteiger partial charge in [-0.1, -0.05) is 13.3 Å². The fraction of sp³-hybridized carbons (Fsp3) is 0.500. The molecule has 3 heteroatoms. The molecule has 0 aliphatic heterocycles. The summed E-state index contributed by atoms with van der Waals surface area (Å²) < 4.78 is 1.19. The number of hydrogen-bond acceptors (Lipinski definition) is 2. The van der Waals surface area contributed by atoms with Gasteiger partial charge in [0.15, 0.2) is 0 Å². The molecule has 0 spiro atoms. The summed E-state index contributed by atoms with van der Waals surface area (Å²) in [5.74, 6) is 0.767. The van der Waals surface area contributed by atoms with Crippen LogP contribution in [0.3, 0.4) is 0 Å². The number of hydrogen-bond donors (Lipinski definition) is 2. The minimum absolute atomic E-state index is 0.604. The number of benzene rings is 1. The zero-order valence-corrected chi connectivity index (χ0v) is 11.1. The smallest absolute Gasteiger partial charge is 0.0576 e. The topological polar surface area (TPSA) is 38.0 Å². The number of halogens is 1. The van der Waals surface area contributed by atoms with Crippen molar-refractivity contribution in [3.05, 3.63) is 21.8 Å². The zero-order chi connectivity index (χ0) is 10.8. The Kier molecular flexibility index (Phi) is 3.38. The molecule has 1 aromatic rings. The Balaban J connectivity index is 2.10. The highest BCUT2D eigenvalue weighted by atomic mass is 127. The van der Waals surface area contributed by atoms with E-state index in [1.807, 2.05) is 6.07 Å². The Morgan fingerprint density at radius 1 is 1.40 bits per heavy atom. The summed E-state index contributed by atoms with van der Waals surface area (Å²) in [5, 5.41) is 3.56. The largest absolute Gasteiger partial charge is 0.397 e. The third-order valence-corrected chi connectivity index (χ3v) is 3.89. The van der Waals surface area contributed by atoms with Crippen molar-refractivity contribution in [2.45, 2.75) is 32.2 Å². The van der Waals surface area contributed by atoms with Crippen molar-refractivity contribution in [1.82, 2.24) is 0 Å². The maximum atomic E-state index is 5.98. The van der Waals surface area contributed by atoms with Crippen LogP contribution in [0.2, 0.25) is 0 Å². The van der Waals surface area contributed by atoms with Crippen molar-refractivity contribution in [3.63, 3.8) is 0 Å². The summed E-state index contributed by atoms with van der Waals surface area (Å²) in [7, 11) is 0. The molecule has 2 nitrogen and oxygen atoms in total. The van der Waals surface area contributed by atoms with E-state index in [1.165, 1.54) is 22.8 Å². The van der Waals surface area contributed by atoms with Gasteiger partial charge in [0.25, 0.3) is 0 Å². The molecule has 3 N–H and O–H groups in total. The highest BCUT2D eigenvalue weighted by Crippen LogP contribution is 2.30. The fourth-order valence-corrected chi connectivity index (χ4v) is 2.74. The van der Waals surface area contributed by atoms with Gasteiger partial charge >= 0.3 is 0 Å². The van der Waals surface area contributed by atoms with E-state index in [-0.39, 0.29) is 0 Å². The Morgan fingerprint density at radius 2 is 2.20 bits per heavy atom. The average molecular weight is 316 g/mol. The van der Waals surface area contributed by atoms with Crippen LogP contribution in [0, 0.1) is 9.49 Å². The molecule has 0 aromatic heterocycles. The highest BCUT2D eigenvalue weighted by Gasteiger charge is 2.23. The summed E-state index contributed by atoms with van der Waals surface area (Å²) in [6, 6.07) is 6.80. The number of nitrogens with two attached hydrogens (primary N) is 1. The number of anilines is 2. The van der Waals surface area contributed by atoms with Crippen LogP contribution >= 0.6 is 22.6 Å². The molecule has 2 atom stereocenters. The quantitative estimate of drug-likeness (QED) is 0.648. The molecule has 0 heterocycles. The van der Waals surface area contributed by atoms with Crippen LogP contribution in [-0.2, 0) is 0 Å². The molecular formula is C12H17IN2. The molecule has 1 fully saturated rings. The Bertz CT molecular complexity index is 351. The van der Waals surface area contributed by atoms with Crippen molar-refractivity contribution >= 4 is 34.0 Å². The van der Waals surface area contributed by atoms with Gasteiger partial charge in [-0.25, -0.2) is 0 Å². The second-order valence-corrected chi connectivity index (χ2v) is 5.64. The first kappa shape index (κ1) is 11.0. The van der Waals surface area contributed by atoms with Crippen molar-refractivity contribution in [3.8, 4) is 0 Å². The van der Waals surface area contributed by atoms with E-state index in [0.717, 1.165) is 17.3 Å². The van der Waals surface area contributed by atoms with Crippen molar-refractivity contribution in [2.75, 3.05) is 11.1 Å². The summed E-state index contributed by atoms with van der Waals surface area (Å²) in [5.41, 5.74) is 7.93. The molecule has 1 saturated carbocycles. The molecule has 1 aliphatic rings. The minimum atomic E-state index is 0.604. The normalized spacial score (nSPS) is 25.5. The maximum Gasteiger partial charge on any atom is 0.0576 e. The number of rotatable bonds is 2. The van der Waals surface area contributed by atoms with Gasteiger partial charge in [0.1, 0.15) is 0 Å². The number of nitrogens with one attached hydrogen (secondary N) is 1. The van der Waals surface area contributed by atoms with Crippen molar-refractivity contribution in [1.29, 1.82) is 0 Å². The van der Waals surface area contributed by atoms with Crippen LogP contribution in [0.5, 0.6) is 0 Å². The fourth-order valence-electron chi connectivity index (χ4n) is 2.22. The third kappa shape index (κ3) is 2.56. The Hall–Kier alpha value is -0.450. The molecule has 0 radical (unpaired) electrons. The molecule has 2 rings (SSSR count). The Labute approximate surface area is 105 Å². The van der Waals surface area contributed by atoms with E-state index in [0.29, 0.717) is 6.04 Å². The molecule has 2 unspecified atom stereocenters. The van der Waals surface area contributed by atoms with Gasteiger partial charge in [0.2, 0.25) is 0 Å². The second-order valence-electron chi connectivity index (χ2n) is 4.39. The van der Waals surface area contributed by atoms with Crippen molar-refractivity contribution in [2.24, 2.45) is 5.92 Å². The second kappa shape index (κ2) is 4.60. The lowest BCUT2D eigenvalue weighted by Crippen LogP contribution is -2.22. The first-order valence-corrected chi connectivity index (χ1v) is 6.56. The van der Waals surface area contributed by atoms with Crippen LogP contribution in [0.1, 0.15) is 26.2 Å². The average Bonchev–Trinajstić information content (AvgIpc) is 2.57. The minimum Gasteiger partial charge on any atom is -0.397 e.